The van der Waals surface area contributed by atoms with Gasteiger partial charge in [0, 0.05) is 22.8 Å². The molecule has 1 fully saturated rings. The monoisotopic (exact) mass is 331 g/mol. The zero-order valence-electron chi connectivity index (χ0n) is 10.8. The van der Waals surface area contributed by atoms with Crippen molar-refractivity contribution >= 4 is 27.7 Å². The molecule has 0 aliphatic carbocycles. The van der Waals surface area contributed by atoms with Crippen LogP contribution in [0.1, 0.15) is 25.8 Å². The van der Waals surface area contributed by atoms with Crippen LogP contribution in [-0.4, -0.2) is 17.5 Å². The number of benzene rings is 1. The van der Waals surface area contributed by atoms with Gasteiger partial charge in [-0.15, -0.1) is 0 Å². The van der Waals surface area contributed by atoms with E-state index in [9.17, 15) is 4.39 Å². The van der Waals surface area contributed by atoms with Crippen molar-refractivity contribution in [3.8, 4) is 0 Å². The molecule has 1 saturated heterocycles. The maximum Gasteiger partial charge on any atom is 0.123 e. The molecule has 1 aliphatic heterocycles. The van der Waals surface area contributed by atoms with Crippen molar-refractivity contribution in [1.82, 2.24) is 5.32 Å². The van der Waals surface area contributed by atoms with Crippen molar-refractivity contribution < 1.29 is 4.39 Å². The van der Waals surface area contributed by atoms with E-state index >= 15 is 0 Å². The Morgan fingerprint density at radius 1 is 1.50 bits per heavy atom. The third-order valence-electron chi connectivity index (χ3n) is 3.20. The summed E-state index contributed by atoms with van der Waals surface area (Å²) in [7, 11) is 0. The molecule has 0 saturated carbocycles. The Morgan fingerprint density at radius 2 is 2.28 bits per heavy atom. The highest BCUT2D eigenvalue weighted by Crippen LogP contribution is 2.33. The van der Waals surface area contributed by atoms with E-state index in [0.717, 1.165) is 22.3 Å². The van der Waals surface area contributed by atoms with Gasteiger partial charge in [-0.2, -0.15) is 11.8 Å². The molecule has 0 aromatic heterocycles. The zero-order valence-corrected chi connectivity index (χ0v) is 13.2. The largest absolute Gasteiger partial charge is 0.309 e. The van der Waals surface area contributed by atoms with Crippen LogP contribution in [0.25, 0.3) is 0 Å². The first kappa shape index (κ1) is 14.4. The quantitative estimate of drug-likeness (QED) is 0.890. The van der Waals surface area contributed by atoms with Crippen LogP contribution < -0.4 is 5.32 Å². The molecule has 100 valence electrons. The minimum Gasteiger partial charge on any atom is -0.309 e. The molecule has 0 radical (unpaired) electrons. The van der Waals surface area contributed by atoms with Crippen LogP contribution in [0.4, 0.5) is 4.39 Å². The van der Waals surface area contributed by atoms with Gasteiger partial charge in [-0.3, -0.25) is 0 Å². The van der Waals surface area contributed by atoms with E-state index in [1.165, 1.54) is 18.2 Å². The van der Waals surface area contributed by atoms with Crippen molar-refractivity contribution in [3.63, 3.8) is 0 Å². The molecule has 4 heteroatoms. The van der Waals surface area contributed by atoms with Crippen LogP contribution >= 0.6 is 27.7 Å². The minimum atomic E-state index is -0.173. The molecule has 1 aromatic rings. The molecule has 1 N–H and O–H groups in total. The lowest BCUT2D eigenvalue weighted by Gasteiger charge is -2.35. The highest BCUT2D eigenvalue weighted by molar-refractivity contribution is 9.10. The van der Waals surface area contributed by atoms with Gasteiger partial charge in [-0.25, -0.2) is 4.39 Å². The summed E-state index contributed by atoms with van der Waals surface area (Å²) < 4.78 is 14.2. The van der Waals surface area contributed by atoms with E-state index in [0.29, 0.717) is 11.5 Å². The summed E-state index contributed by atoms with van der Waals surface area (Å²) in [6, 6.07) is 5.37. The maximum atomic E-state index is 13.2. The summed E-state index contributed by atoms with van der Waals surface area (Å²) in [6.07, 6.45) is 1.19. The topological polar surface area (TPSA) is 12.0 Å². The third-order valence-corrected chi connectivity index (χ3v) is 5.60. The van der Waals surface area contributed by atoms with E-state index in [2.05, 4.69) is 35.1 Å². The van der Waals surface area contributed by atoms with Crippen LogP contribution in [0.3, 0.4) is 0 Å². The van der Waals surface area contributed by atoms with Gasteiger partial charge in [0.2, 0.25) is 0 Å². The predicted octanol–water partition coefficient (Wildman–Crippen LogP) is 4.21. The van der Waals surface area contributed by atoms with E-state index in [1.54, 1.807) is 12.1 Å². The molecule has 1 heterocycles. The Labute approximate surface area is 121 Å². The molecule has 0 spiro atoms. The van der Waals surface area contributed by atoms with E-state index in [4.69, 9.17) is 0 Å². The molecular weight excluding hydrogens is 313 g/mol. The molecule has 2 rings (SSSR count). The van der Waals surface area contributed by atoms with Crippen molar-refractivity contribution in [2.24, 2.45) is 5.41 Å². The van der Waals surface area contributed by atoms with Crippen LogP contribution in [0.5, 0.6) is 0 Å². The number of thioether (sulfide) groups is 1. The van der Waals surface area contributed by atoms with Gasteiger partial charge >= 0.3 is 0 Å². The Bertz CT molecular complexity index is 422. The lowest BCUT2D eigenvalue weighted by Crippen LogP contribution is -2.40. The van der Waals surface area contributed by atoms with Gasteiger partial charge in [0.25, 0.3) is 0 Å². The normalized spacial score (nSPS) is 23.0. The smallest absolute Gasteiger partial charge is 0.123 e. The summed E-state index contributed by atoms with van der Waals surface area (Å²) in [5.74, 6) is 2.21. The van der Waals surface area contributed by atoms with E-state index < -0.39 is 0 Å². The molecule has 1 atom stereocenters. The van der Waals surface area contributed by atoms with E-state index in [-0.39, 0.29) is 5.82 Å². The summed E-state index contributed by atoms with van der Waals surface area (Å²) >= 11 is 5.47. The molecule has 1 aliphatic rings. The molecule has 0 bridgehead atoms. The molecule has 0 amide bonds. The lowest BCUT2D eigenvalue weighted by atomic mass is 9.88. The number of rotatable bonds is 3. The first-order valence-electron chi connectivity index (χ1n) is 6.21. The van der Waals surface area contributed by atoms with Crippen LogP contribution in [0.2, 0.25) is 0 Å². The van der Waals surface area contributed by atoms with E-state index in [1.807, 2.05) is 11.8 Å². The maximum absolute atomic E-state index is 13.2. The molecule has 1 aromatic carbocycles. The Kier molecular flexibility index (Phi) is 4.73. The zero-order chi connectivity index (χ0) is 13.2. The highest BCUT2D eigenvalue weighted by Gasteiger charge is 2.28. The van der Waals surface area contributed by atoms with Gasteiger partial charge in [0.1, 0.15) is 5.82 Å². The highest BCUT2D eigenvalue weighted by atomic mass is 79.9. The van der Waals surface area contributed by atoms with Crippen LogP contribution in [-0.2, 0) is 6.54 Å². The number of nitrogens with one attached hydrogen (secondary N) is 1. The first-order chi connectivity index (χ1) is 8.46. The molecule has 1 unspecified atom stereocenters. The lowest BCUT2D eigenvalue weighted by molar-refractivity contribution is 0.317. The fraction of sp³-hybridized carbons (Fsp3) is 0.571. The van der Waals surface area contributed by atoms with Crippen molar-refractivity contribution in [3.05, 3.63) is 34.1 Å². The Morgan fingerprint density at radius 3 is 3.00 bits per heavy atom. The first-order valence-corrected chi connectivity index (χ1v) is 8.16. The van der Waals surface area contributed by atoms with Crippen LogP contribution in [0, 0.1) is 11.2 Å². The second kappa shape index (κ2) is 5.93. The van der Waals surface area contributed by atoms with Crippen molar-refractivity contribution in [2.45, 2.75) is 32.9 Å². The molecule has 18 heavy (non-hydrogen) atoms. The fourth-order valence-corrected chi connectivity index (χ4v) is 4.02. The van der Waals surface area contributed by atoms with Gasteiger partial charge in [-0.05, 0) is 41.4 Å². The fourth-order valence-electron chi connectivity index (χ4n) is 2.33. The molecular formula is C14H19BrFNS. The summed E-state index contributed by atoms with van der Waals surface area (Å²) in [6.45, 7) is 5.34. The second-order valence-electron chi connectivity index (χ2n) is 5.70. The van der Waals surface area contributed by atoms with Gasteiger partial charge in [-0.1, -0.05) is 29.8 Å². The Balaban J connectivity index is 1.93. The number of hydrogen-bond acceptors (Lipinski definition) is 2. The summed E-state index contributed by atoms with van der Waals surface area (Å²) in [5.41, 5.74) is 1.39. The minimum absolute atomic E-state index is 0.173. The number of hydrogen-bond donors (Lipinski definition) is 1. The van der Waals surface area contributed by atoms with Crippen molar-refractivity contribution in [2.75, 3.05) is 11.5 Å². The second-order valence-corrected chi connectivity index (χ2v) is 7.58. The average molecular weight is 332 g/mol. The van der Waals surface area contributed by atoms with Gasteiger partial charge < -0.3 is 5.32 Å². The van der Waals surface area contributed by atoms with Gasteiger partial charge in [0.05, 0.1) is 0 Å². The number of halogens is 2. The van der Waals surface area contributed by atoms with Crippen LogP contribution in [0.15, 0.2) is 22.7 Å². The Hall–Kier alpha value is -0.0600. The summed E-state index contributed by atoms with van der Waals surface area (Å²) in [4.78, 5) is 0. The SMILES string of the molecule is CC1(C)CSCC(NCc2cc(F)ccc2Br)C1. The van der Waals surface area contributed by atoms with Gasteiger partial charge in [0.15, 0.2) is 0 Å². The average Bonchev–Trinajstić information content (AvgIpc) is 2.29. The van der Waals surface area contributed by atoms with Crippen molar-refractivity contribution in [1.29, 1.82) is 0 Å². The predicted molar refractivity (Wildman–Crippen MR) is 80.5 cm³/mol. The molecule has 1 nitrogen and oxygen atoms in total. The third kappa shape index (κ3) is 3.97. The standard InChI is InChI=1S/C14H19BrFNS/c1-14(2)6-12(8-18-9-14)17-7-10-5-11(16)3-4-13(10)15/h3-5,12,17H,6-9H2,1-2H3. The summed E-state index contributed by atoms with van der Waals surface area (Å²) in [5, 5.41) is 3.54.